The van der Waals surface area contributed by atoms with Crippen LogP contribution < -0.4 is 10.6 Å². The molecule has 0 amide bonds. The van der Waals surface area contributed by atoms with Gasteiger partial charge in [0.15, 0.2) is 0 Å². The highest BCUT2D eigenvalue weighted by Gasteiger charge is 2.25. The van der Waals surface area contributed by atoms with Crippen LogP contribution >= 0.6 is 0 Å². The fourth-order valence-corrected chi connectivity index (χ4v) is 3.16. The van der Waals surface area contributed by atoms with Crippen molar-refractivity contribution in [3.8, 4) is 0 Å². The number of aromatic nitrogens is 1. The Morgan fingerprint density at radius 2 is 2.00 bits per heavy atom. The lowest BCUT2D eigenvalue weighted by Gasteiger charge is -2.35. The maximum absolute atomic E-state index is 11.7. The van der Waals surface area contributed by atoms with Gasteiger partial charge < -0.3 is 10.6 Å². The van der Waals surface area contributed by atoms with E-state index in [0.29, 0.717) is 31.9 Å². The van der Waals surface area contributed by atoms with Crippen LogP contribution in [-0.2, 0) is 10.0 Å². The zero-order valence-electron chi connectivity index (χ0n) is 10.4. The molecule has 2 N–H and O–H groups in total. The Bertz CT molecular complexity index is 510. The largest absolute Gasteiger partial charge is 0.396 e. The Morgan fingerprint density at radius 1 is 1.33 bits per heavy atom. The molecule has 2 rings (SSSR count). The van der Waals surface area contributed by atoms with E-state index in [1.807, 2.05) is 6.07 Å². The number of anilines is 2. The van der Waals surface area contributed by atoms with Crippen LogP contribution in [0.15, 0.2) is 18.5 Å². The first kappa shape index (κ1) is 13.1. The van der Waals surface area contributed by atoms with Crippen LogP contribution in [0.25, 0.3) is 0 Å². The van der Waals surface area contributed by atoms with Crippen molar-refractivity contribution in [3.63, 3.8) is 0 Å². The summed E-state index contributed by atoms with van der Waals surface area (Å²) < 4.78 is 25.0. The van der Waals surface area contributed by atoms with Gasteiger partial charge >= 0.3 is 0 Å². The van der Waals surface area contributed by atoms with Crippen molar-refractivity contribution in [2.75, 3.05) is 42.6 Å². The minimum atomic E-state index is -3.07. The van der Waals surface area contributed by atoms with Crippen molar-refractivity contribution in [3.05, 3.63) is 18.5 Å². The summed E-state index contributed by atoms with van der Waals surface area (Å²) >= 11 is 0. The van der Waals surface area contributed by atoms with Crippen molar-refractivity contribution in [1.29, 1.82) is 0 Å². The van der Waals surface area contributed by atoms with Gasteiger partial charge in [0, 0.05) is 32.4 Å². The van der Waals surface area contributed by atoms with Crippen LogP contribution in [0.5, 0.6) is 0 Å². The molecule has 7 heteroatoms. The average Bonchev–Trinajstić information content (AvgIpc) is 2.39. The highest BCUT2D eigenvalue weighted by molar-refractivity contribution is 7.89. The van der Waals surface area contributed by atoms with Gasteiger partial charge in [-0.3, -0.25) is 4.98 Å². The Kier molecular flexibility index (Phi) is 3.72. The molecule has 0 aromatic carbocycles. The standard InChI is InChI=1S/C11H18N4O2S/c1-2-18(16,17)15-7-5-14(6-8-15)11-3-4-13-9-10(11)12/h3-4,9H,2,5-8,12H2,1H3. The minimum absolute atomic E-state index is 0.157. The SMILES string of the molecule is CCS(=O)(=O)N1CCN(c2ccncc2N)CC1. The maximum Gasteiger partial charge on any atom is 0.213 e. The molecule has 0 spiro atoms. The first-order valence-electron chi connectivity index (χ1n) is 5.97. The number of pyridine rings is 1. The molecule has 1 aromatic rings. The molecular formula is C11H18N4O2S. The zero-order chi connectivity index (χ0) is 13.2. The van der Waals surface area contributed by atoms with E-state index in [4.69, 9.17) is 5.73 Å². The van der Waals surface area contributed by atoms with Gasteiger partial charge in [-0.15, -0.1) is 0 Å². The molecule has 0 saturated carbocycles. The van der Waals surface area contributed by atoms with Gasteiger partial charge in [0.25, 0.3) is 0 Å². The fourth-order valence-electron chi connectivity index (χ4n) is 2.08. The lowest BCUT2D eigenvalue weighted by Crippen LogP contribution is -2.49. The molecule has 6 nitrogen and oxygen atoms in total. The smallest absolute Gasteiger partial charge is 0.213 e. The summed E-state index contributed by atoms with van der Waals surface area (Å²) in [6.45, 7) is 4.01. The minimum Gasteiger partial charge on any atom is -0.396 e. The number of rotatable bonds is 3. The molecule has 0 aliphatic carbocycles. The molecule has 18 heavy (non-hydrogen) atoms. The first-order chi connectivity index (χ1) is 8.54. The van der Waals surface area contributed by atoms with E-state index in [0.717, 1.165) is 5.69 Å². The lowest BCUT2D eigenvalue weighted by atomic mass is 10.2. The molecule has 100 valence electrons. The van der Waals surface area contributed by atoms with Crippen LogP contribution in [0, 0.1) is 0 Å². The van der Waals surface area contributed by atoms with Crippen molar-refractivity contribution in [2.24, 2.45) is 0 Å². The van der Waals surface area contributed by atoms with Crippen molar-refractivity contribution < 1.29 is 8.42 Å². The number of piperazine rings is 1. The molecule has 0 radical (unpaired) electrons. The molecule has 0 atom stereocenters. The van der Waals surface area contributed by atoms with Gasteiger partial charge in [-0.25, -0.2) is 8.42 Å². The van der Waals surface area contributed by atoms with Crippen LogP contribution in [0.4, 0.5) is 11.4 Å². The zero-order valence-corrected chi connectivity index (χ0v) is 11.2. The molecule has 1 aromatic heterocycles. The monoisotopic (exact) mass is 270 g/mol. The molecule has 1 aliphatic heterocycles. The van der Waals surface area contributed by atoms with E-state index < -0.39 is 10.0 Å². The summed E-state index contributed by atoms with van der Waals surface area (Å²) in [7, 11) is -3.07. The molecule has 2 heterocycles. The molecule has 0 unspecified atom stereocenters. The number of sulfonamides is 1. The van der Waals surface area contributed by atoms with Crippen molar-refractivity contribution in [2.45, 2.75) is 6.92 Å². The Hall–Kier alpha value is -1.34. The summed E-state index contributed by atoms with van der Waals surface area (Å²) in [5.74, 6) is 0.157. The van der Waals surface area contributed by atoms with Gasteiger partial charge in [-0.2, -0.15) is 4.31 Å². The third kappa shape index (κ3) is 2.56. The van der Waals surface area contributed by atoms with E-state index in [9.17, 15) is 8.42 Å². The van der Waals surface area contributed by atoms with Crippen molar-refractivity contribution in [1.82, 2.24) is 9.29 Å². The molecular weight excluding hydrogens is 252 g/mol. The van der Waals surface area contributed by atoms with Crippen molar-refractivity contribution >= 4 is 21.4 Å². The second-order valence-corrected chi connectivity index (χ2v) is 6.48. The quantitative estimate of drug-likeness (QED) is 0.845. The van der Waals surface area contributed by atoms with E-state index in [1.54, 1.807) is 23.6 Å². The summed E-state index contributed by atoms with van der Waals surface area (Å²) in [6, 6.07) is 1.86. The summed E-state index contributed by atoms with van der Waals surface area (Å²) in [6.07, 6.45) is 3.31. The third-order valence-electron chi connectivity index (χ3n) is 3.17. The van der Waals surface area contributed by atoms with Crippen LogP contribution in [0.2, 0.25) is 0 Å². The summed E-state index contributed by atoms with van der Waals surface area (Å²) in [5.41, 5.74) is 7.42. The number of nitrogens with zero attached hydrogens (tertiary/aromatic N) is 3. The van der Waals surface area contributed by atoms with E-state index in [2.05, 4.69) is 9.88 Å². The van der Waals surface area contributed by atoms with Gasteiger partial charge in [-0.05, 0) is 13.0 Å². The third-order valence-corrected chi connectivity index (χ3v) is 5.05. The Morgan fingerprint density at radius 3 is 2.56 bits per heavy atom. The number of hydrogen-bond acceptors (Lipinski definition) is 5. The molecule has 0 bridgehead atoms. The van der Waals surface area contributed by atoms with Gasteiger partial charge in [0.2, 0.25) is 10.0 Å². The van der Waals surface area contributed by atoms with E-state index in [-0.39, 0.29) is 5.75 Å². The second kappa shape index (κ2) is 5.11. The topological polar surface area (TPSA) is 79.5 Å². The predicted molar refractivity (Wildman–Crippen MR) is 71.9 cm³/mol. The fraction of sp³-hybridized carbons (Fsp3) is 0.545. The molecule has 1 saturated heterocycles. The van der Waals surface area contributed by atoms with Gasteiger partial charge in [-0.1, -0.05) is 0 Å². The Labute approximate surface area is 107 Å². The van der Waals surface area contributed by atoms with Crippen LogP contribution in [-0.4, -0.2) is 49.6 Å². The highest BCUT2D eigenvalue weighted by Crippen LogP contribution is 2.23. The van der Waals surface area contributed by atoms with E-state index >= 15 is 0 Å². The molecule has 1 fully saturated rings. The predicted octanol–water partition coefficient (Wildman–Crippen LogP) is 0.136. The van der Waals surface area contributed by atoms with Crippen LogP contribution in [0.3, 0.4) is 0 Å². The average molecular weight is 270 g/mol. The summed E-state index contributed by atoms with van der Waals surface area (Å²) in [5, 5.41) is 0. The maximum atomic E-state index is 11.7. The first-order valence-corrected chi connectivity index (χ1v) is 7.58. The van der Waals surface area contributed by atoms with Gasteiger partial charge in [0.1, 0.15) is 0 Å². The number of nitrogen functional groups attached to an aromatic ring is 1. The van der Waals surface area contributed by atoms with Crippen LogP contribution in [0.1, 0.15) is 6.92 Å². The van der Waals surface area contributed by atoms with Gasteiger partial charge in [0.05, 0.1) is 23.3 Å². The number of hydrogen-bond donors (Lipinski definition) is 1. The normalized spacial score (nSPS) is 17.9. The highest BCUT2D eigenvalue weighted by atomic mass is 32.2. The van der Waals surface area contributed by atoms with E-state index in [1.165, 1.54) is 0 Å². The number of nitrogens with two attached hydrogens (primary N) is 1. The lowest BCUT2D eigenvalue weighted by molar-refractivity contribution is 0.386. The molecule has 1 aliphatic rings. The summed E-state index contributed by atoms with van der Waals surface area (Å²) in [4.78, 5) is 6.05. The Balaban J connectivity index is 2.06. The second-order valence-electron chi connectivity index (χ2n) is 4.22.